The third-order valence-corrected chi connectivity index (χ3v) is 6.28. The van der Waals surface area contributed by atoms with Crippen molar-refractivity contribution in [3.05, 3.63) is 88.2 Å². The first-order valence-corrected chi connectivity index (χ1v) is 14.5. The molecule has 1 N–H and O–H groups in total. The monoisotopic (exact) mass is 597 g/mol. The molecule has 226 valence electrons. The van der Waals surface area contributed by atoms with Crippen LogP contribution in [0.1, 0.15) is 84.0 Å². The number of carbonyl (C=O) groups excluding carboxylic acids is 2. The molecule has 0 fully saturated rings. The Bertz CT molecular complexity index is 1390. The van der Waals surface area contributed by atoms with Crippen molar-refractivity contribution in [2.45, 2.75) is 91.6 Å². The highest BCUT2D eigenvalue weighted by Gasteiger charge is 2.24. The predicted molar refractivity (Wildman–Crippen MR) is 164 cm³/mol. The zero-order chi connectivity index (χ0) is 31.1. The number of amides is 1. The van der Waals surface area contributed by atoms with Crippen LogP contribution in [0, 0.1) is 5.82 Å². The number of benzene rings is 3. The Balaban J connectivity index is 1.84. The molecule has 42 heavy (non-hydrogen) atoms. The van der Waals surface area contributed by atoms with Crippen molar-refractivity contribution < 1.29 is 28.2 Å². The first-order valence-electron chi connectivity index (χ1n) is 14.2. The average Bonchev–Trinajstić information content (AvgIpc) is 2.85. The zero-order valence-electron chi connectivity index (χ0n) is 25.5. The van der Waals surface area contributed by atoms with Gasteiger partial charge in [-0.2, -0.15) is 0 Å². The summed E-state index contributed by atoms with van der Waals surface area (Å²) in [5.74, 6) is -0.237. The molecule has 0 aliphatic rings. The Morgan fingerprint density at radius 1 is 0.929 bits per heavy atom. The van der Waals surface area contributed by atoms with Gasteiger partial charge in [-0.05, 0) is 83.4 Å². The lowest BCUT2D eigenvalue weighted by Gasteiger charge is -2.24. The molecule has 0 unspecified atom stereocenters. The van der Waals surface area contributed by atoms with Crippen LogP contribution >= 0.6 is 11.6 Å². The molecule has 3 aromatic carbocycles. The second-order valence-corrected chi connectivity index (χ2v) is 12.6. The molecular formula is C34H41ClFNO5. The van der Waals surface area contributed by atoms with Crippen molar-refractivity contribution in [2.24, 2.45) is 0 Å². The highest BCUT2D eigenvalue weighted by molar-refractivity contribution is 6.31. The van der Waals surface area contributed by atoms with Crippen molar-refractivity contribution in [3.63, 3.8) is 0 Å². The van der Waals surface area contributed by atoms with Crippen molar-refractivity contribution in [2.75, 3.05) is 0 Å². The number of para-hydroxylation sites is 1. The van der Waals surface area contributed by atoms with E-state index in [2.05, 4.69) is 5.32 Å². The van der Waals surface area contributed by atoms with E-state index in [0.717, 1.165) is 12.0 Å². The van der Waals surface area contributed by atoms with Crippen LogP contribution in [0.15, 0.2) is 60.7 Å². The molecule has 0 aromatic heterocycles. The molecule has 1 atom stereocenters. The number of alkyl carbamates (subject to hydrolysis) is 1. The van der Waals surface area contributed by atoms with E-state index in [1.165, 1.54) is 0 Å². The number of halogens is 2. The van der Waals surface area contributed by atoms with Gasteiger partial charge in [-0.15, -0.1) is 0 Å². The molecule has 0 aliphatic carbocycles. The Hall–Kier alpha value is -3.58. The fourth-order valence-corrected chi connectivity index (χ4v) is 4.72. The van der Waals surface area contributed by atoms with Crippen LogP contribution in [0.2, 0.25) is 5.02 Å². The number of rotatable bonds is 10. The fourth-order valence-electron chi connectivity index (χ4n) is 4.46. The molecule has 0 heterocycles. The number of nitrogens with one attached hydrogen (secondary N) is 1. The lowest BCUT2D eigenvalue weighted by molar-refractivity contribution is -0.153. The Morgan fingerprint density at radius 3 is 2.29 bits per heavy atom. The molecule has 3 aromatic rings. The van der Waals surface area contributed by atoms with Gasteiger partial charge in [0.25, 0.3) is 0 Å². The number of hydrogen-bond acceptors (Lipinski definition) is 5. The van der Waals surface area contributed by atoms with Gasteiger partial charge in [-0.3, -0.25) is 4.79 Å². The molecule has 0 aliphatic heterocycles. The number of ether oxygens (including phenoxy) is 3. The lowest BCUT2D eigenvalue weighted by Crippen LogP contribution is -2.35. The van der Waals surface area contributed by atoms with Gasteiger partial charge < -0.3 is 19.5 Å². The maximum Gasteiger partial charge on any atom is 0.408 e. The van der Waals surface area contributed by atoms with Gasteiger partial charge in [0, 0.05) is 21.7 Å². The normalized spacial score (nSPS) is 12.4. The zero-order valence-corrected chi connectivity index (χ0v) is 26.2. The minimum Gasteiger partial charge on any atom is -0.489 e. The molecule has 0 saturated carbocycles. The summed E-state index contributed by atoms with van der Waals surface area (Å²) in [5.41, 5.74) is 1.48. The summed E-state index contributed by atoms with van der Waals surface area (Å²) in [6, 6.07) is 17.1. The summed E-state index contributed by atoms with van der Waals surface area (Å²) < 4.78 is 33.0. The van der Waals surface area contributed by atoms with Crippen molar-refractivity contribution in [3.8, 4) is 16.9 Å². The third kappa shape index (κ3) is 10.1. The topological polar surface area (TPSA) is 73.9 Å². The van der Waals surface area contributed by atoms with Crippen LogP contribution in [-0.4, -0.2) is 23.3 Å². The Morgan fingerprint density at radius 2 is 1.62 bits per heavy atom. The standard InChI is InChI=1S/C34H41ClFNO5/c1-8-12-28(37-32(39)42-34(5,6)7)27-15-11-14-26(31(27)36)24-17-22(18-25(35)19-24)21-40-29-16-10-9-13-23(29)20-30(38)41-33(2,3)4/h9-11,13-19,28H,8,12,20-21H2,1-7H3,(H,37,39)/t28-/m1/s1. The Kier molecular flexibility index (Phi) is 11.0. The number of carbonyl (C=O) groups is 2. The van der Waals surface area contributed by atoms with Crippen LogP contribution in [0.3, 0.4) is 0 Å². The first-order chi connectivity index (χ1) is 19.6. The number of esters is 1. The molecule has 0 saturated heterocycles. The molecule has 0 bridgehead atoms. The van der Waals surface area contributed by atoms with Gasteiger partial charge in [0.05, 0.1) is 12.5 Å². The summed E-state index contributed by atoms with van der Waals surface area (Å²) in [6.45, 7) is 12.9. The van der Waals surface area contributed by atoms with Crippen molar-refractivity contribution in [1.29, 1.82) is 0 Å². The average molecular weight is 598 g/mol. The van der Waals surface area contributed by atoms with E-state index in [1.54, 1.807) is 57.2 Å². The number of hydrogen-bond donors (Lipinski definition) is 1. The van der Waals surface area contributed by atoms with Crippen LogP contribution in [0.4, 0.5) is 9.18 Å². The molecule has 8 heteroatoms. The van der Waals surface area contributed by atoms with E-state index < -0.39 is 29.2 Å². The lowest BCUT2D eigenvalue weighted by atomic mass is 9.95. The summed E-state index contributed by atoms with van der Waals surface area (Å²) in [4.78, 5) is 24.9. The highest BCUT2D eigenvalue weighted by atomic mass is 35.5. The van der Waals surface area contributed by atoms with Crippen LogP contribution in [-0.2, 0) is 27.3 Å². The van der Waals surface area contributed by atoms with E-state index in [1.807, 2.05) is 52.0 Å². The van der Waals surface area contributed by atoms with Crippen molar-refractivity contribution >= 4 is 23.7 Å². The van der Waals surface area contributed by atoms with Crippen LogP contribution in [0.25, 0.3) is 11.1 Å². The quantitative estimate of drug-likeness (QED) is 0.236. The van der Waals surface area contributed by atoms with E-state index in [0.29, 0.717) is 39.4 Å². The van der Waals surface area contributed by atoms with E-state index in [9.17, 15) is 9.59 Å². The van der Waals surface area contributed by atoms with Crippen molar-refractivity contribution in [1.82, 2.24) is 5.32 Å². The molecule has 6 nitrogen and oxygen atoms in total. The van der Waals surface area contributed by atoms with Gasteiger partial charge >= 0.3 is 12.1 Å². The summed E-state index contributed by atoms with van der Waals surface area (Å²) in [5, 5.41) is 3.25. The summed E-state index contributed by atoms with van der Waals surface area (Å²) >= 11 is 6.47. The SMILES string of the molecule is CCC[C@@H](NC(=O)OC(C)(C)C)c1cccc(-c2cc(Cl)cc(COc3ccccc3CC(=O)OC(C)(C)C)c2)c1F. The summed E-state index contributed by atoms with van der Waals surface area (Å²) in [6.07, 6.45) is 0.748. The van der Waals surface area contributed by atoms with E-state index in [-0.39, 0.29) is 19.0 Å². The van der Waals surface area contributed by atoms with Gasteiger partial charge in [0.1, 0.15) is 29.4 Å². The maximum absolute atomic E-state index is 16.0. The van der Waals surface area contributed by atoms with Crippen LogP contribution in [0.5, 0.6) is 5.75 Å². The molecule has 1 amide bonds. The van der Waals surface area contributed by atoms with E-state index in [4.69, 9.17) is 25.8 Å². The molecular weight excluding hydrogens is 557 g/mol. The minimum absolute atomic E-state index is 0.0719. The Labute approximate surface area is 253 Å². The maximum atomic E-state index is 16.0. The van der Waals surface area contributed by atoms with Gasteiger partial charge in [-0.25, -0.2) is 9.18 Å². The molecule has 0 spiro atoms. The second-order valence-electron chi connectivity index (χ2n) is 12.2. The van der Waals surface area contributed by atoms with Crippen LogP contribution < -0.4 is 10.1 Å². The highest BCUT2D eigenvalue weighted by Crippen LogP contribution is 2.33. The fraction of sp³-hybridized carbons (Fsp3) is 0.412. The smallest absolute Gasteiger partial charge is 0.408 e. The second kappa shape index (κ2) is 14.1. The molecule has 0 radical (unpaired) electrons. The predicted octanol–water partition coefficient (Wildman–Crippen LogP) is 8.98. The van der Waals surface area contributed by atoms with Gasteiger partial charge in [-0.1, -0.05) is 61.3 Å². The largest absolute Gasteiger partial charge is 0.489 e. The third-order valence-electron chi connectivity index (χ3n) is 6.06. The molecule has 3 rings (SSSR count). The van der Waals surface area contributed by atoms with Gasteiger partial charge in [0.15, 0.2) is 0 Å². The van der Waals surface area contributed by atoms with Gasteiger partial charge in [0.2, 0.25) is 0 Å². The first kappa shape index (κ1) is 32.9. The summed E-state index contributed by atoms with van der Waals surface area (Å²) in [7, 11) is 0. The minimum atomic E-state index is -0.670. The van der Waals surface area contributed by atoms with E-state index >= 15 is 4.39 Å².